The largest absolute Gasteiger partial charge is 0.496 e. The van der Waals surface area contributed by atoms with Gasteiger partial charge in [-0.1, -0.05) is 18.2 Å². The van der Waals surface area contributed by atoms with Crippen molar-refractivity contribution in [3.63, 3.8) is 0 Å². The zero-order valence-corrected chi connectivity index (χ0v) is 25.3. The van der Waals surface area contributed by atoms with E-state index in [1.807, 2.05) is 6.92 Å². The van der Waals surface area contributed by atoms with Gasteiger partial charge >= 0.3 is 5.97 Å². The minimum atomic E-state index is -0.869. The second-order valence-corrected chi connectivity index (χ2v) is 11.4. The van der Waals surface area contributed by atoms with Gasteiger partial charge in [0, 0.05) is 30.8 Å². The molecule has 0 N–H and O–H groups in total. The molecule has 0 bridgehead atoms. The number of nitrogens with zero attached hydrogens (tertiary/aromatic N) is 2. The quantitative estimate of drug-likeness (QED) is 0.323. The fourth-order valence-corrected chi connectivity index (χ4v) is 6.32. The van der Waals surface area contributed by atoms with Crippen molar-refractivity contribution in [1.29, 1.82) is 0 Å². The third-order valence-corrected chi connectivity index (χ3v) is 8.82. The number of amides is 2. The SMILES string of the molecule is CCOC(=O)C1CC2(CCN(C(=O)c3cc(OC)c(C)c(OC)c3)CC2)CN1C(=O)c1ccc(-c2ccc(F)cc2)cc1F. The van der Waals surface area contributed by atoms with Gasteiger partial charge < -0.3 is 24.0 Å². The van der Waals surface area contributed by atoms with Crippen LogP contribution in [0.5, 0.6) is 11.5 Å². The molecule has 44 heavy (non-hydrogen) atoms. The Morgan fingerprint density at radius 3 is 2.07 bits per heavy atom. The van der Waals surface area contributed by atoms with Crippen LogP contribution in [0.1, 0.15) is 52.5 Å². The second-order valence-electron chi connectivity index (χ2n) is 11.4. The molecule has 2 amide bonds. The summed E-state index contributed by atoms with van der Waals surface area (Å²) in [5.41, 5.74) is 1.77. The van der Waals surface area contributed by atoms with Crippen molar-refractivity contribution in [3.8, 4) is 22.6 Å². The normalized spacial score (nSPS) is 17.5. The Balaban J connectivity index is 1.34. The van der Waals surface area contributed by atoms with E-state index in [1.165, 1.54) is 41.3 Å². The average molecular weight is 607 g/mol. The highest BCUT2D eigenvalue weighted by Gasteiger charge is 2.51. The van der Waals surface area contributed by atoms with E-state index in [4.69, 9.17) is 14.2 Å². The Labute approximate surface area is 255 Å². The number of likely N-dealkylation sites (tertiary alicyclic amines) is 2. The van der Waals surface area contributed by atoms with E-state index >= 15 is 4.39 Å². The fraction of sp³-hybridized carbons (Fsp3) is 0.382. The molecule has 2 fully saturated rings. The molecule has 1 atom stereocenters. The van der Waals surface area contributed by atoms with Crippen LogP contribution in [-0.4, -0.2) is 74.1 Å². The number of ether oxygens (including phenoxy) is 3. The highest BCUT2D eigenvalue weighted by Crippen LogP contribution is 2.45. The minimum absolute atomic E-state index is 0.150. The van der Waals surface area contributed by atoms with Crippen LogP contribution >= 0.6 is 0 Å². The third kappa shape index (κ3) is 5.98. The first-order valence-electron chi connectivity index (χ1n) is 14.6. The first kappa shape index (κ1) is 31.0. The second kappa shape index (κ2) is 12.6. The molecule has 5 rings (SSSR count). The monoisotopic (exact) mass is 606 g/mol. The van der Waals surface area contributed by atoms with Crippen LogP contribution in [0.4, 0.5) is 8.78 Å². The summed E-state index contributed by atoms with van der Waals surface area (Å²) in [5.74, 6) is -1.31. The van der Waals surface area contributed by atoms with Crippen LogP contribution in [0.3, 0.4) is 0 Å². The maximum atomic E-state index is 15.4. The lowest BCUT2D eigenvalue weighted by atomic mass is 9.76. The fourth-order valence-electron chi connectivity index (χ4n) is 6.32. The van der Waals surface area contributed by atoms with Crippen LogP contribution in [0, 0.1) is 24.0 Å². The number of carbonyl (C=O) groups is 3. The molecule has 0 aromatic heterocycles. The zero-order valence-electron chi connectivity index (χ0n) is 25.3. The van der Waals surface area contributed by atoms with E-state index in [0.717, 1.165) is 5.56 Å². The van der Waals surface area contributed by atoms with Gasteiger partial charge in [-0.25, -0.2) is 13.6 Å². The number of halogens is 2. The predicted molar refractivity (Wildman–Crippen MR) is 160 cm³/mol. The van der Waals surface area contributed by atoms with E-state index in [0.29, 0.717) is 60.5 Å². The molecule has 232 valence electrons. The highest BCUT2D eigenvalue weighted by atomic mass is 19.1. The van der Waals surface area contributed by atoms with Crippen molar-refractivity contribution in [2.45, 2.75) is 39.2 Å². The van der Waals surface area contributed by atoms with Gasteiger partial charge in [0.25, 0.3) is 11.8 Å². The maximum absolute atomic E-state index is 15.4. The lowest BCUT2D eigenvalue weighted by Crippen LogP contribution is -2.45. The molecule has 2 aliphatic heterocycles. The van der Waals surface area contributed by atoms with Crippen LogP contribution in [-0.2, 0) is 9.53 Å². The highest BCUT2D eigenvalue weighted by molar-refractivity contribution is 5.98. The Kier molecular flexibility index (Phi) is 8.90. The molecular weight excluding hydrogens is 570 g/mol. The third-order valence-electron chi connectivity index (χ3n) is 8.82. The summed E-state index contributed by atoms with van der Waals surface area (Å²) in [7, 11) is 3.08. The van der Waals surface area contributed by atoms with Gasteiger partial charge in [-0.15, -0.1) is 0 Å². The molecule has 3 aromatic rings. The average Bonchev–Trinajstić information content (AvgIpc) is 3.40. The summed E-state index contributed by atoms with van der Waals surface area (Å²) in [6, 6.07) is 12.4. The summed E-state index contributed by atoms with van der Waals surface area (Å²) >= 11 is 0. The van der Waals surface area contributed by atoms with Crippen LogP contribution in [0.25, 0.3) is 11.1 Å². The van der Waals surface area contributed by atoms with Gasteiger partial charge in [0.05, 0.1) is 26.4 Å². The Morgan fingerprint density at radius 1 is 0.886 bits per heavy atom. The standard InChI is InChI=1S/C34H36F2N2O6/c1-5-44-33(41)28-19-34(12-14-37(15-13-34)31(39)24-17-29(42-3)21(2)30(18-24)43-4)20-38(28)32(40)26-11-8-23(16-27(26)36)22-6-9-25(35)10-7-22/h6-11,16-18,28H,5,12-15,19-20H2,1-4H3. The summed E-state index contributed by atoms with van der Waals surface area (Å²) in [6.45, 7) is 4.79. The van der Waals surface area contributed by atoms with Crippen molar-refractivity contribution in [1.82, 2.24) is 9.80 Å². The number of methoxy groups -OCH3 is 2. The van der Waals surface area contributed by atoms with E-state index < -0.39 is 35.0 Å². The van der Waals surface area contributed by atoms with Crippen molar-refractivity contribution in [2.24, 2.45) is 5.41 Å². The molecule has 2 heterocycles. The van der Waals surface area contributed by atoms with E-state index in [9.17, 15) is 18.8 Å². The number of hydrogen-bond acceptors (Lipinski definition) is 6. The van der Waals surface area contributed by atoms with E-state index in [-0.39, 0.29) is 24.6 Å². The van der Waals surface area contributed by atoms with Gasteiger partial charge in [-0.3, -0.25) is 9.59 Å². The Bertz CT molecular complexity index is 1540. The molecular formula is C34H36F2N2O6. The number of hydrogen-bond donors (Lipinski definition) is 0. The van der Waals surface area contributed by atoms with Gasteiger partial charge in [0.2, 0.25) is 0 Å². The molecule has 0 radical (unpaired) electrons. The maximum Gasteiger partial charge on any atom is 0.328 e. The van der Waals surface area contributed by atoms with Crippen LogP contribution in [0.2, 0.25) is 0 Å². The smallest absolute Gasteiger partial charge is 0.328 e. The van der Waals surface area contributed by atoms with Crippen molar-refractivity contribution >= 4 is 17.8 Å². The van der Waals surface area contributed by atoms with Crippen LogP contribution in [0.15, 0.2) is 54.6 Å². The van der Waals surface area contributed by atoms with Gasteiger partial charge in [0.15, 0.2) is 0 Å². The number of piperidine rings is 1. The first-order chi connectivity index (χ1) is 21.1. The summed E-state index contributed by atoms with van der Waals surface area (Å²) in [5, 5.41) is 0. The molecule has 1 spiro atoms. The summed E-state index contributed by atoms with van der Waals surface area (Å²) in [6.07, 6.45) is 1.48. The van der Waals surface area contributed by atoms with Crippen molar-refractivity contribution in [3.05, 3.63) is 82.9 Å². The van der Waals surface area contributed by atoms with Crippen molar-refractivity contribution < 1.29 is 37.4 Å². The van der Waals surface area contributed by atoms with E-state index in [2.05, 4.69) is 0 Å². The molecule has 10 heteroatoms. The summed E-state index contributed by atoms with van der Waals surface area (Å²) in [4.78, 5) is 43.4. The summed E-state index contributed by atoms with van der Waals surface area (Å²) < 4.78 is 44.9. The molecule has 3 aromatic carbocycles. The minimum Gasteiger partial charge on any atom is -0.496 e. The number of carbonyl (C=O) groups excluding carboxylic acids is 3. The molecule has 0 aliphatic carbocycles. The lowest BCUT2D eigenvalue weighted by Gasteiger charge is -2.39. The van der Waals surface area contributed by atoms with Gasteiger partial charge in [0.1, 0.15) is 29.2 Å². The molecule has 2 saturated heterocycles. The molecule has 2 aliphatic rings. The Hall–Kier alpha value is -4.47. The number of esters is 1. The van der Waals surface area contributed by atoms with E-state index in [1.54, 1.807) is 44.2 Å². The number of benzene rings is 3. The number of rotatable bonds is 7. The van der Waals surface area contributed by atoms with Crippen LogP contribution < -0.4 is 9.47 Å². The zero-order chi connectivity index (χ0) is 31.6. The topological polar surface area (TPSA) is 85.4 Å². The van der Waals surface area contributed by atoms with Gasteiger partial charge in [-0.05, 0) is 86.1 Å². The molecule has 1 unspecified atom stereocenters. The lowest BCUT2D eigenvalue weighted by molar-refractivity contribution is -0.147. The van der Waals surface area contributed by atoms with Gasteiger partial charge in [-0.2, -0.15) is 0 Å². The molecule has 8 nitrogen and oxygen atoms in total. The predicted octanol–water partition coefficient (Wildman–Crippen LogP) is 5.66. The Morgan fingerprint density at radius 2 is 1.50 bits per heavy atom. The molecule has 0 saturated carbocycles. The first-order valence-corrected chi connectivity index (χ1v) is 14.6. The van der Waals surface area contributed by atoms with Crippen molar-refractivity contribution in [2.75, 3.05) is 40.5 Å².